The number of phenols is 1. The van der Waals surface area contributed by atoms with Crippen molar-refractivity contribution in [3.8, 4) is 11.5 Å². The lowest BCUT2D eigenvalue weighted by Crippen LogP contribution is -2.54. The number of hydrogen-bond donors (Lipinski definition) is 2. The normalized spacial score (nSPS) is 15.4. The fourth-order valence-electron chi connectivity index (χ4n) is 3.06. The van der Waals surface area contributed by atoms with Crippen LogP contribution in [0.3, 0.4) is 0 Å². The van der Waals surface area contributed by atoms with Gasteiger partial charge in [0.1, 0.15) is 5.57 Å². The predicted octanol–water partition coefficient (Wildman–Crippen LogP) is 3.10. The Kier molecular flexibility index (Phi) is 5.50. The summed E-state index contributed by atoms with van der Waals surface area (Å²) in [5.74, 6) is -1.36. The fourth-order valence-corrected chi connectivity index (χ4v) is 3.06. The maximum Gasteiger partial charge on any atom is 0.335 e. The second-order valence-electron chi connectivity index (χ2n) is 6.52. The zero-order valence-corrected chi connectivity index (χ0v) is 16.1. The first kappa shape index (κ1) is 19.9. The highest BCUT2D eigenvalue weighted by Crippen LogP contribution is 2.33. The molecule has 0 atom stereocenters. The van der Waals surface area contributed by atoms with E-state index in [-0.39, 0.29) is 17.1 Å². The molecule has 2 N–H and O–H groups in total. The Morgan fingerprint density at radius 3 is 2.62 bits per heavy atom. The molecular formula is C22H20N2O5. The van der Waals surface area contributed by atoms with Crippen molar-refractivity contribution in [3.05, 3.63) is 71.3 Å². The van der Waals surface area contributed by atoms with E-state index in [9.17, 15) is 19.5 Å². The number of carbonyl (C=O) groups is 3. The van der Waals surface area contributed by atoms with Crippen molar-refractivity contribution in [1.29, 1.82) is 0 Å². The number of hydrogen-bond acceptors (Lipinski definition) is 5. The van der Waals surface area contributed by atoms with Gasteiger partial charge in [-0.25, -0.2) is 9.69 Å². The van der Waals surface area contributed by atoms with Crippen LogP contribution >= 0.6 is 0 Å². The zero-order valence-electron chi connectivity index (χ0n) is 16.1. The summed E-state index contributed by atoms with van der Waals surface area (Å²) in [5, 5.41) is 12.4. The van der Waals surface area contributed by atoms with Gasteiger partial charge in [0, 0.05) is 5.56 Å². The third-order valence-electron chi connectivity index (χ3n) is 4.43. The van der Waals surface area contributed by atoms with Crippen molar-refractivity contribution in [1.82, 2.24) is 5.32 Å². The Balaban J connectivity index is 2.07. The number of benzene rings is 2. The number of carbonyl (C=O) groups excluding carboxylic acids is 3. The van der Waals surface area contributed by atoms with Gasteiger partial charge >= 0.3 is 6.03 Å². The van der Waals surface area contributed by atoms with Crippen LogP contribution in [0.1, 0.15) is 16.7 Å². The zero-order chi connectivity index (χ0) is 21.1. The minimum Gasteiger partial charge on any atom is -0.504 e. The Hall–Kier alpha value is -3.87. The van der Waals surface area contributed by atoms with Crippen molar-refractivity contribution in [2.45, 2.75) is 13.3 Å². The number of allylic oxidation sites excluding steroid dienone is 1. The lowest BCUT2D eigenvalue weighted by molar-refractivity contribution is -0.122. The lowest BCUT2D eigenvalue weighted by Gasteiger charge is -2.26. The number of ether oxygens (including phenoxy) is 1. The second-order valence-corrected chi connectivity index (χ2v) is 6.52. The summed E-state index contributed by atoms with van der Waals surface area (Å²) < 4.78 is 5.17. The molecule has 1 aliphatic heterocycles. The maximum absolute atomic E-state index is 13.0. The first-order chi connectivity index (χ1) is 13.8. The molecule has 148 valence electrons. The number of nitrogens with zero attached hydrogens (tertiary/aromatic N) is 1. The second kappa shape index (κ2) is 8.02. The molecule has 0 aliphatic carbocycles. The van der Waals surface area contributed by atoms with E-state index in [1.807, 2.05) is 13.0 Å². The molecule has 7 nitrogen and oxygen atoms in total. The highest BCUT2D eigenvalue weighted by atomic mass is 16.5. The van der Waals surface area contributed by atoms with E-state index in [0.29, 0.717) is 23.2 Å². The number of nitrogens with one attached hydrogen (secondary N) is 1. The monoisotopic (exact) mass is 392 g/mol. The van der Waals surface area contributed by atoms with E-state index in [1.54, 1.807) is 30.3 Å². The number of aryl methyl sites for hydroxylation is 1. The van der Waals surface area contributed by atoms with E-state index < -0.39 is 17.8 Å². The molecule has 2 aromatic carbocycles. The minimum atomic E-state index is -0.807. The van der Waals surface area contributed by atoms with Crippen LogP contribution in [-0.4, -0.2) is 30.1 Å². The van der Waals surface area contributed by atoms with Crippen LogP contribution in [0.2, 0.25) is 0 Å². The van der Waals surface area contributed by atoms with Crippen LogP contribution in [0.5, 0.6) is 11.5 Å². The SMILES string of the molecule is C=CCc1cc(C=C2C(=O)NC(=O)N(c3cccc(C)c3)C2=O)cc(OC)c1O. The molecule has 0 unspecified atom stereocenters. The van der Waals surface area contributed by atoms with Gasteiger partial charge in [-0.3, -0.25) is 14.9 Å². The number of anilines is 1. The van der Waals surface area contributed by atoms with Crippen LogP contribution in [0.4, 0.5) is 10.5 Å². The van der Waals surface area contributed by atoms with Crippen LogP contribution in [0.15, 0.2) is 54.6 Å². The van der Waals surface area contributed by atoms with Gasteiger partial charge in [0.2, 0.25) is 0 Å². The number of imide groups is 2. The fraction of sp³-hybridized carbons (Fsp3) is 0.136. The highest BCUT2D eigenvalue weighted by molar-refractivity contribution is 6.39. The molecule has 3 rings (SSSR count). The van der Waals surface area contributed by atoms with E-state index in [0.717, 1.165) is 10.5 Å². The number of amides is 4. The molecule has 1 saturated heterocycles. The van der Waals surface area contributed by atoms with Crippen molar-refractivity contribution < 1.29 is 24.2 Å². The smallest absolute Gasteiger partial charge is 0.335 e. The van der Waals surface area contributed by atoms with Crippen LogP contribution in [0.25, 0.3) is 6.08 Å². The standard InChI is InChI=1S/C22H20N2O5/c1-4-6-15-10-14(12-18(29-3)19(15)25)11-17-20(26)23-22(28)24(21(17)27)16-8-5-7-13(2)9-16/h4-5,7-12,25H,1,6H2,2-3H3,(H,23,26,28). The van der Waals surface area contributed by atoms with Gasteiger partial charge in [0.15, 0.2) is 11.5 Å². The molecule has 1 heterocycles. The van der Waals surface area contributed by atoms with Crippen molar-refractivity contribution in [3.63, 3.8) is 0 Å². The van der Waals surface area contributed by atoms with E-state index in [4.69, 9.17) is 4.74 Å². The summed E-state index contributed by atoms with van der Waals surface area (Å²) in [6.45, 7) is 5.49. The Bertz CT molecular complexity index is 1060. The molecular weight excluding hydrogens is 372 g/mol. The molecule has 0 aromatic heterocycles. The molecule has 1 fully saturated rings. The summed E-state index contributed by atoms with van der Waals surface area (Å²) in [7, 11) is 1.40. The molecule has 29 heavy (non-hydrogen) atoms. The number of urea groups is 1. The average molecular weight is 392 g/mol. The third kappa shape index (κ3) is 3.89. The van der Waals surface area contributed by atoms with E-state index >= 15 is 0 Å². The summed E-state index contributed by atoms with van der Waals surface area (Å²) in [4.78, 5) is 38.5. The van der Waals surface area contributed by atoms with Gasteiger partial charge in [0.05, 0.1) is 12.8 Å². The number of barbiturate groups is 1. The molecule has 0 saturated carbocycles. The molecule has 2 aromatic rings. The number of methoxy groups -OCH3 is 1. The largest absolute Gasteiger partial charge is 0.504 e. The average Bonchev–Trinajstić information content (AvgIpc) is 2.67. The van der Waals surface area contributed by atoms with Crippen LogP contribution < -0.4 is 15.0 Å². The van der Waals surface area contributed by atoms with Crippen LogP contribution in [-0.2, 0) is 16.0 Å². The highest BCUT2D eigenvalue weighted by Gasteiger charge is 2.36. The topological polar surface area (TPSA) is 95.9 Å². The molecule has 7 heteroatoms. The summed E-state index contributed by atoms with van der Waals surface area (Å²) >= 11 is 0. The summed E-state index contributed by atoms with van der Waals surface area (Å²) in [6.07, 6.45) is 3.34. The predicted molar refractivity (Wildman–Crippen MR) is 109 cm³/mol. The lowest BCUT2D eigenvalue weighted by atomic mass is 10.0. The van der Waals surface area contributed by atoms with Gasteiger partial charge in [0.25, 0.3) is 11.8 Å². The third-order valence-corrected chi connectivity index (χ3v) is 4.43. The van der Waals surface area contributed by atoms with Crippen LogP contribution in [0, 0.1) is 6.92 Å². The number of aromatic hydroxyl groups is 1. The van der Waals surface area contributed by atoms with Crippen molar-refractivity contribution >= 4 is 29.6 Å². The Morgan fingerprint density at radius 1 is 1.21 bits per heavy atom. The van der Waals surface area contributed by atoms with Crippen molar-refractivity contribution in [2.75, 3.05) is 12.0 Å². The molecule has 4 amide bonds. The summed E-state index contributed by atoms with van der Waals surface area (Å²) in [6, 6.07) is 9.17. The number of phenolic OH excluding ortho intramolecular Hbond substituents is 1. The Labute approximate surface area is 167 Å². The van der Waals surface area contributed by atoms with Crippen molar-refractivity contribution in [2.24, 2.45) is 0 Å². The molecule has 1 aliphatic rings. The van der Waals surface area contributed by atoms with Gasteiger partial charge in [-0.05, 0) is 54.8 Å². The van der Waals surface area contributed by atoms with E-state index in [2.05, 4.69) is 11.9 Å². The quantitative estimate of drug-likeness (QED) is 0.463. The Morgan fingerprint density at radius 2 is 1.97 bits per heavy atom. The number of rotatable bonds is 5. The van der Waals surface area contributed by atoms with E-state index in [1.165, 1.54) is 19.3 Å². The van der Waals surface area contributed by atoms with Gasteiger partial charge in [-0.1, -0.05) is 18.2 Å². The maximum atomic E-state index is 13.0. The summed E-state index contributed by atoms with van der Waals surface area (Å²) in [5.41, 5.74) is 2.02. The van der Waals surface area contributed by atoms with Gasteiger partial charge in [-0.2, -0.15) is 0 Å². The first-order valence-corrected chi connectivity index (χ1v) is 8.84. The molecule has 0 radical (unpaired) electrons. The molecule has 0 bridgehead atoms. The molecule has 0 spiro atoms. The minimum absolute atomic E-state index is 0.0365. The first-order valence-electron chi connectivity index (χ1n) is 8.84. The van der Waals surface area contributed by atoms with Gasteiger partial charge < -0.3 is 9.84 Å². The van der Waals surface area contributed by atoms with Gasteiger partial charge in [-0.15, -0.1) is 6.58 Å².